The molecule has 1 N–H and O–H groups in total. The second-order valence-corrected chi connectivity index (χ2v) is 9.04. The second-order valence-electron chi connectivity index (χ2n) is 9.04. The molecule has 5 heteroatoms. The topological polar surface area (TPSA) is 58.1 Å². The Bertz CT molecular complexity index is 811. The molecular weight excluding hydrogens is 372 g/mol. The lowest BCUT2D eigenvalue weighted by atomic mass is 9.87. The van der Waals surface area contributed by atoms with Gasteiger partial charge < -0.3 is 5.32 Å². The number of nitrogens with one attached hydrogen (secondary N) is 1. The van der Waals surface area contributed by atoms with Gasteiger partial charge in [0.05, 0.1) is 17.4 Å². The summed E-state index contributed by atoms with van der Waals surface area (Å²) in [6.45, 7) is 5.00. The number of nitrogens with zero attached hydrogens (tertiary/aromatic N) is 3. The van der Waals surface area contributed by atoms with Gasteiger partial charge in [0.2, 0.25) is 5.91 Å². The number of carbonyl (C=O) groups is 1. The zero-order chi connectivity index (χ0) is 20.8. The molecule has 2 aliphatic rings. The van der Waals surface area contributed by atoms with Gasteiger partial charge in [-0.3, -0.25) is 19.7 Å². The lowest BCUT2D eigenvalue weighted by Crippen LogP contribution is -2.41. The Morgan fingerprint density at radius 1 is 1.10 bits per heavy atom. The average Bonchev–Trinajstić information content (AvgIpc) is 3.26. The molecule has 2 aromatic rings. The molecule has 1 atom stereocenters. The molecule has 0 radical (unpaired) electrons. The molecule has 3 heterocycles. The number of amides is 1. The summed E-state index contributed by atoms with van der Waals surface area (Å²) in [5.74, 6) is 1.19. The Hall–Kier alpha value is -2.27. The summed E-state index contributed by atoms with van der Waals surface area (Å²) in [7, 11) is 0. The lowest BCUT2D eigenvalue weighted by Gasteiger charge is -2.36. The fourth-order valence-corrected chi connectivity index (χ4v) is 5.06. The van der Waals surface area contributed by atoms with Gasteiger partial charge >= 0.3 is 0 Å². The third kappa shape index (κ3) is 5.66. The summed E-state index contributed by atoms with van der Waals surface area (Å²) in [6, 6.07) is 12.3. The zero-order valence-corrected chi connectivity index (χ0v) is 18.1. The van der Waals surface area contributed by atoms with Gasteiger partial charge in [0.1, 0.15) is 0 Å². The monoisotopic (exact) mass is 406 g/mol. The van der Waals surface area contributed by atoms with E-state index >= 15 is 0 Å². The summed E-state index contributed by atoms with van der Waals surface area (Å²) in [4.78, 5) is 24.5. The number of hydrogen-bond acceptors (Lipinski definition) is 4. The van der Waals surface area contributed by atoms with Crippen LogP contribution in [0.1, 0.15) is 68.1 Å². The van der Waals surface area contributed by atoms with Crippen molar-refractivity contribution >= 4 is 5.91 Å². The lowest BCUT2D eigenvalue weighted by molar-refractivity contribution is -0.123. The summed E-state index contributed by atoms with van der Waals surface area (Å²) >= 11 is 0. The Labute approximate surface area is 180 Å². The van der Waals surface area contributed by atoms with Gasteiger partial charge in [-0.25, -0.2) is 0 Å². The SMILES string of the molecule is Cc1cccc(CN2CCC(C(NC(=O)CC3CCCC3)c3ccccn3)CC2)n1. The summed E-state index contributed by atoms with van der Waals surface area (Å²) in [6.07, 6.45) is 9.59. The van der Waals surface area contributed by atoms with E-state index < -0.39 is 0 Å². The van der Waals surface area contributed by atoms with Crippen LogP contribution in [0.4, 0.5) is 0 Å². The number of carbonyl (C=O) groups excluding carboxylic acids is 1. The first-order chi connectivity index (χ1) is 14.7. The van der Waals surface area contributed by atoms with Crippen molar-refractivity contribution in [2.75, 3.05) is 13.1 Å². The molecule has 1 aliphatic heterocycles. The van der Waals surface area contributed by atoms with Crippen LogP contribution in [-0.4, -0.2) is 33.9 Å². The van der Waals surface area contributed by atoms with Crippen LogP contribution in [0.2, 0.25) is 0 Å². The predicted octanol–water partition coefficient (Wildman–Crippen LogP) is 4.43. The Kier molecular flexibility index (Phi) is 7.11. The molecule has 1 amide bonds. The van der Waals surface area contributed by atoms with E-state index in [1.807, 2.05) is 31.3 Å². The molecule has 2 aromatic heterocycles. The minimum atomic E-state index is 0.0133. The first-order valence-corrected chi connectivity index (χ1v) is 11.5. The highest BCUT2D eigenvalue weighted by molar-refractivity contribution is 5.76. The van der Waals surface area contributed by atoms with Crippen LogP contribution in [0.25, 0.3) is 0 Å². The van der Waals surface area contributed by atoms with Crippen molar-refractivity contribution in [3.63, 3.8) is 0 Å². The molecule has 1 unspecified atom stereocenters. The number of rotatable bonds is 7. The van der Waals surface area contributed by atoms with Crippen LogP contribution in [0.5, 0.6) is 0 Å². The van der Waals surface area contributed by atoms with Gasteiger partial charge in [-0.05, 0) is 81.8 Å². The predicted molar refractivity (Wildman–Crippen MR) is 119 cm³/mol. The van der Waals surface area contributed by atoms with Crippen molar-refractivity contribution < 1.29 is 4.79 Å². The van der Waals surface area contributed by atoms with Gasteiger partial charge in [-0.15, -0.1) is 0 Å². The first kappa shape index (κ1) is 21.0. The van der Waals surface area contributed by atoms with Crippen molar-refractivity contribution in [2.24, 2.45) is 11.8 Å². The van der Waals surface area contributed by atoms with Crippen LogP contribution in [0.3, 0.4) is 0 Å². The van der Waals surface area contributed by atoms with E-state index in [1.165, 1.54) is 25.7 Å². The van der Waals surface area contributed by atoms with Crippen molar-refractivity contribution in [3.8, 4) is 0 Å². The summed E-state index contributed by atoms with van der Waals surface area (Å²) in [5, 5.41) is 3.37. The molecule has 160 valence electrons. The second kappa shape index (κ2) is 10.2. The minimum absolute atomic E-state index is 0.0133. The van der Waals surface area contributed by atoms with Crippen LogP contribution in [0, 0.1) is 18.8 Å². The fourth-order valence-electron chi connectivity index (χ4n) is 5.06. The molecule has 2 fully saturated rings. The molecule has 0 bridgehead atoms. The molecule has 1 aliphatic carbocycles. The maximum atomic E-state index is 12.8. The van der Waals surface area contributed by atoms with Gasteiger partial charge in [0, 0.05) is 24.9 Å². The first-order valence-electron chi connectivity index (χ1n) is 11.5. The molecule has 1 saturated carbocycles. The Balaban J connectivity index is 1.37. The smallest absolute Gasteiger partial charge is 0.220 e. The van der Waals surface area contributed by atoms with Gasteiger partial charge in [-0.1, -0.05) is 25.0 Å². The number of pyridine rings is 2. The maximum Gasteiger partial charge on any atom is 0.220 e. The summed E-state index contributed by atoms with van der Waals surface area (Å²) in [5.41, 5.74) is 3.21. The fraction of sp³-hybridized carbons (Fsp3) is 0.560. The van der Waals surface area contributed by atoms with E-state index in [2.05, 4.69) is 38.4 Å². The minimum Gasteiger partial charge on any atom is -0.347 e. The highest BCUT2D eigenvalue weighted by atomic mass is 16.1. The van der Waals surface area contributed by atoms with E-state index in [0.717, 1.165) is 49.6 Å². The normalized spacial score (nSPS) is 19.6. The van der Waals surface area contributed by atoms with Crippen LogP contribution >= 0.6 is 0 Å². The standard InChI is InChI=1S/C25H34N4O/c1-19-7-6-10-22(27-19)18-29-15-12-21(13-16-29)25(23-11-4-5-14-26-23)28-24(30)17-20-8-2-3-9-20/h4-7,10-11,14,20-21,25H,2-3,8-9,12-13,15-18H2,1H3,(H,28,30). The maximum absolute atomic E-state index is 12.8. The van der Waals surface area contributed by atoms with Gasteiger partial charge in [-0.2, -0.15) is 0 Å². The van der Waals surface area contributed by atoms with Gasteiger partial charge in [0.25, 0.3) is 0 Å². The Morgan fingerprint density at radius 3 is 2.60 bits per heavy atom. The highest BCUT2D eigenvalue weighted by Gasteiger charge is 2.30. The number of likely N-dealkylation sites (tertiary alicyclic amines) is 1. The van der Waals surface area contributed by atoms with Crippen molar-refractivity contribution in [2.45, 2.75) is 64.5 Å². The van der Waals surface area contributed by atoms with Crippen molar-refractivity contribution in [1.29, 1.82) is 0 Å². The molecule has 0 aromatic carbocycles. The van der Waals surface area contributed by atoms with Crippen molar-refractivity contribution in [3.05, 3.63) is 59.7 Å². The van der Waals surface area contributed by atoms with Crippen LogP contribution in [-0.2, 0) is 11.3 Å². The quantitative estimate of drug-likeness (QED) is 0.739. The van der Waals surface area contributed by atoms with E-state index in [-0.39, 0.29) is 11.9 Å². The van der Waals surface area contributed by atoms with E-state index in [0.29, 0.717) is 18.3 Å². The zero-order valence-electron chi connectivity index (χ0n) is 18.1. The number of piperidine rings is 1. The van der Waals surface area contributed by atoms with E-state index in [4.69, 9.17) is 0 Å². The molecule has 30 heavy (non-hydrogen) atoms. The van der Waals surface area contributed by atoms with E-state index in [1.54, 1.807) is 0 Å². The number of aromatic nitrogens is 2. The third-order valence-electron chi connectivity index (χ3n) is 6.71. The molecule has 5 nitrogen and oxygen atoms in total. The van der Waals surface area contributed by atoms with Crippen LogP contribution in [0.15, 0.2) is 42.6 Å². The molecule has 1 saturated heterocycles. The number of hydrogen-bond donors (Lipinski definition) is 1. The van der Waals surface area contributed by atoms with Crippen molar-refractivity contribution in [1.82, 2.24) is 20.2 Å². The molecule has 4 rings (SSSR count). The molecule has 0 spiro atoms. The highest BCUT2D eigenvalue weighted by Crippen LogP contribution is 2.32. The Morgan fingerprint density at radius 2 is 1.90 bits per heavy atom. The summed E-state index contributed by atoms with van der Waals surface area (Å²) < 4.78 is 0. The molecular formula is C25H34N4O. The average molecular weight is 407 g/mol. The van der Waals surface area contributed by atoms with E-state index in [9.17, 15) is 4.79 Å². The largest absolute Gasteiger partial charge is 0.347 e. The van der Waals surface area contributed by atoms with Crippen LogP contribution < -0.4 is 5.32 Å². The third-order valence-corrected chi connectivity index (χ3v) is 6.71. The number of aryl methyl sites for hydroxylation is 1. The van der Waals surface area contributed by atoms with Gasteiger partial charge in [0.15, 0.2) is 0 Å².